The number of morpholine rings is 1. The topological polar surface area (TPSA) is 77.5 Å². The van der Waals surface area contributed by atoms with Crippen molar-refractivity contribution in [3.63, 3.8) is 0 Å². The minimum Gasteiger partial charge on any atom is -0.494 e. The smallest absolute Gasteiger partial charge is 0.410 e. The van der Waals surface area contributed by atoms with Crippen LogP contribution in [-0.4, -0.2) is 85.6 Å². The zero-order valence-corrected chi connectivity index (χ0v) is 21.7. The lowest BCUT2D eigenvalue weighted by Gasteiger charge is -2.39. The highest BCUT2D eigenvalue weighted by atomic mass is 16.6. The molecule has 0 radical (unpaired) electrons. The highest BCUT2D eigenvalue weighted by molar-refractivity contribution is 5.83. The van der Waals surface area contributed by atoms with Crippen molar-refractivity contribution in [3.05, 3.63) is 23.5 Å². The number of carbonyl (C=O) groups is 2. The lowest BCUT2D eigenvalue weighted by Crippen LogP contribution is -2.56. The van der Waals surface area contributed by atoms with Crippen LogP contribution in [0.4, 0.5) is 4.79 Å². The van der Waals surface area contributed by atoms with Crippen LogP contribution in [0.5, 0.6) is 0 Å². The second-order valence-corrected chi connectivity index (χ2v) is 10.5. The van der Waals surface area contributed by atoms with Crippen LogP contribution >= 0.6 is 0 Å². The van der Waals surface area contributed by atoms with E-state index in [4.69, 9.17) is 18.9 Å². The first-order valence-electron chi connectivity index (χ1n) is 12.5. The Morgan fingerprint density at radius 2 is 2.00 bits per heavy atom. The third-order valence-electron chi connectivity index (χ3n) is 6.45. The molecule has 1 aliphatic heterocycles. The van der Waals surface area contributed by atoms with Gasteiger partial charge in [0, 0.05) is 44.7 Å². The van der Waals surface area contributed by atoms with Gasteiger partial charge in [-0.3, -0.25) is 4.79 Å². The van der Waals surface area contributed by atoms with Crippen molar-refractivity contribution in [3.8, 4) is 0 Å². The van der Waals surface area contributed by atoms with E-state index in [0.717, 1.165) is 37.0 Å². The van der Waals surface area contributed by atoms with E-state index in [1.54, 1.807) is 12.0 Å². The second kappa shape index (κ2) is 11.6. The first kappa shape index (κ1) is 26.5. The zero-order valence-electron chi connectivity index (χ0n) is 21.7. The van der Waals surface area contributed by atoms with Crippen molar-refractivity contribution in [1.82, 2.24) is 9.80 Å². The molecule has 0 aromatic carbocycles. The third-order valence-corrected chi connectivity index (χ3v) is 6.45. The molecule has 192 valence electrons. The van der Waals surface area contributed by atoms with Crippen molar-refractivity contribution in [2.45, 2.75) is 84.1 Å². The van der Waals surface area contributed by atoms with Crippen LogP contribution in [0.3, 0.4) is 0 Å². The molecule has 34 heavy (non-hydrogen) atoms. The lowest BCUT2D eigenvalue weighted by molar-refractivity contribution is -0.152. The Balaban J connectivity index is 1.66. The van der Waals surface area contributed by atoms with E-state index in [-0.39, 0.29) is 30.5 Å². The Morgan fingerprint density at radius 1 is 1.26 bits per heavy atom. The summed E-state index contributed by atoms with van der Waals surface area (Å²) in [5, 5.41) is 0. The Hall–Kier alpha value is -2.06. The summed E-state index contributed by atoms with van der Waals surface area (Å²) >= 11 is 0. The van der Waals surface area contributed by atoms with Crippen LogP contribution in [0.15, 0.2) is 23.5 Å². The van der Waals surface area contributed by atoms with E-state index in [1.807, 2.05) is 25.7 Å². The molecule has 2 unspecified atom stereocenters. The number of nitrogens with zero attached hydrogens (tertiary/aromatic N) is 2. The van der Waals surface area contributed by atoms with Crippen molar-refractivity contribution in [2.75, 3.05) is 40.0 Å². The van der Waals surface area contributed by atoms with E-state index >= 15 is 0 Å². The van der Waals surface area contributed by atoms with E-state index in [9.17, 15) is 9.59 Å². The molecule has 8 heteroatoms. The number of ether oxygens (including phenoxy) is 4. The number of carbonyl (C=O) groups excluding carboxylic acids is 2. The lowest BCUT2D eigenvalue weighted by atomic mass is 9.89. The summed E-state index contributed by atoms with van der Waals surface area (Å²) in [7, 11) is 1.69. The second-order valence-electron chi connectivity index (χ2n) is 10.5. The van der Waals surface area contributed by atoms with Crippen LogP contribution in [0, 0.1) is 5.92 Å². The standard InChI is InChI=1S/C26H42N2O6/c1-18-8-9-20(16-22(18)32-14-7-13-31-6)19(2)28(21-10-11-21)24(29)23-17-27(12-15-33-23)25(30)34-26(3,4)5/h8,16,19-21,23H,7,9-15,17H2,1-6H3/t19?,20?,23-/m1/s1. The number of hydrogen-bond donors (Lipinski definition) is 0. The van der Waals surface area contributed by atoms with Crippen LogP contribution in [0.1, 0.15) is 60.3 Å². The fourth-order valence-electron chi connectivity index (χ4n) is 4.42. The van der Waals surface area contributed by atoms with Gasteiger partial charge in [-0.15, -0.1) is 0 Å². The molecule has 0 bridgehead atoms. The first-order chi connectivity index (χ1) is 16.1. The monoisotopic (exact) mass is 478 g/mol. The van der Waals surface area contributed by atoms with Gasteiger partial charge in [0.1, 0.15) is 11.4 Å². The average Bonchev–Trinajstić information content (AvgIpc) is 3.62. The van der Waals surface area contributed by atoms with Gasteiger partial charge in [0.25, 0.3) is 5.91 Å². The van der Waals surface area contributed by atoms with Gasteiger partial charge in [-0.1, -0.05) is 6.08 Å². The molecule has 0 N–H and O–H groups in total. The minimum atomic E-state index is -0.668. The highest BCUT2D eigenvalue weighted by Gasteiger charge is 2.43. The number of hydrogen-bond acceptors (Lipinski definition) is 6. The van der Waals surface area contributed by atoms with Crippen LogP contribution in [-0.2, 0) is 23.7 Å². The normalized spacial score (nSPS) is 24.1. The molecule has 8 nitrogen and oxygen atoms in total. The summed E-state index contributed by atoms with van der Waals surface area (Å²) < 4.78 is 22.5. The van der Waals surface area contributed by atoms with Crippen molar-refractivity contribution in [1.29, 1.82) is 0 Å². The molecule has 0 spiro atoms. The molecule has 0 aromatic heterocycles. The Kier molecular flexibility index (Phi) is 9.04. The predicted octanol–water partition coefficient (Wildman–Crippen LogP) is 3.91. The average molecular weight is 479 g/mol. The van der Waals surface area contributed by atoms with Gasteiger partial charge < -0.3 is 28.7 Å². The van der Waals surface area contributed by atoms with Gasteiger partial charge in [0.05, 0.1) is 19.8 Å². The van der Waals surface area contributed by atoms with Crippen LogP contribution in [0.25, 0.3) is 0 Å². The number of amides is 2. The number of allylic oxidation sites excluding steroid dienone is 2. The van der Waals surface area contributed by atoms with Gasteiger partial charge in [-0.05, 0) is 65.5 Å². The molecule has 3 rings (SSSR count). The summed E-state index contributed by atoms with van der Waals surface area (Å²) in [4.78, 5) is 29.8. The van der Waals surface area contributed by atoms with Gasteiger partial charge in [0.2, 0.25) is 0 Å². The molecule has 1 saturated heterocycles. The Morgan fingerprint density at radius 3 is 2.65 bits per heavy atom. The molecule has 1 saturated carbocycles. The van der Waals surface area contributed by atoms with E-state index in [2.05, 4.69) is 26.0 Å². The largest absolute Gasteiger partial charge is 0.494 e. The van der Waals surface area contributed by atoms with Gasteiger partial charge in [-0.25, -0.2) is 4.79 Å². The summed E-state index contributed by atoms with van der Waals surface area (Å²) in [6.07, 6.45) is 7.01. The fraction of sp³-hybridized carbons (Fsp3) is 0.769. The maximum Gasteiger partial charge on any atom is 0.410 e. The van der Waals surface area contributed by atoms with Gasteiger partial charge in [0.15, 0.2) is 6.10 Å². The van der Waals surface area contributed by atoms with Gasteiger partial charge in [-0.2, -0.15) is 0 Å². The Bertz CT molecular complexity index is 783. The molecule has 3 aliphatic rings. The van der Waals surface area contributed by atoms with Gasteiger partial charge >= 0.3 is 6.09 Å². The SMILES string of the molecule is COCCCOC1=CC(C(C)N(C(=O)[C@H]2CN(C(=O)OC(C)(C)C)CCO2)C2CC2)CC=C1C. The highest BCUT2D eigenvalue weighted by Crippen LogP contribution is 2.35. The maximum atomic E-state index is 13.6. The van der Waals surface area contributed by atoms with Crippen molar-refractivity contribution in [2.24, 2.45) is 5.92 Å². The number of rotatable bonds is 9. The number of methoxy groups -OCH3 is 1. The maximum absolute atomic E-state index is 13.6. The Labute approximate surface area is 204 Å². The fourth-order valence-corrected chi connectivity index (χ4v) is 4.42. The molecule has 0 aromatic rings. The molecule has 2 fully saturated rings. The molecule has 3 atom stereocenters. The quantitative estimate of drug-likeness (QED) is 0.468. The van der Waals surface area contributed by atoms with Crippen molar-refractivity contribution >= 4 is 12.0 Å². The molecular formula is C26H42N2O6. The summed E-state index contributed by atoms with van der Waals surface area (Å²) in [6, 6.07) is 0.233. The summed E-state index contributed by atoms with van der Waals surface area (Å²) in [6.45, 7) is 11.9. The van der Waals surface area contributed by atoms with Crippen LogP contribution < -0.4 is 0 Å². The predicted molar refractivity (Wildman–Crippen MR) is 129 cm³/mol. The third kappa shape index (κ3) is 7.22. The van der Waals surface area contributed by atoms with Crippen LogP contribution in [0.2, 0.25) is 0 Å². The van der Waals surface area contributed by atoms with E-state index in [1.165, 1.54) is 0 Å². The molecule has 2 amide bonds. The summed E-state index contributed by atoms with van der Waals surface area (Å²) in [5.74, 6) is 1.02. The summed E-state index contributed by atoms with van der Waals surface area (Å²) in [5.41, 5.74) is 0.556. The first-order valence-corrected chi connectivity index (χ1v) is 12.5. The van der Waals surface area contributed by atoms with E-state index in [0.29, 0.717) is 26.4 Å². The zero-order chi connectivity index (χ0) is 24.9. The van der Waals surface area contributed by atoms with E-state index < -0.39 is 17.8 Å². The minimum absolute atomic E-state index is 0.00225. The van der Waals surface area contributed by atoms with Crippen molar-refractivity contribution < 1.29 is 28.5 Å². The molecule has 2 aliphatic carbocycles. The molecular weight excluding hydrogens is 436 g/mol. The molecule has 1 heterocycles.